The Morgan fingerprint density at radius 3 is 2.81 bits per heavy atom. The molecule has 2 aromatic carbocycles. The molecule has 0 aliphatic rings. The van der Waals surface area contributed by atoms with Gasteiger partial charge in [0, 0.05) is 23.1 Å². The number of rotatable bonds is 5. The van der Waals surface area contributed by atoms with Crippen LogP contribution in [-0.2, 0) is 10.5 Å². The van der Waals surface area contributed by atoms with Crippen LogP contribution in [0.4, 0.5) is 5.13 Å². The molecule has 2 aromatic heterocycles. The molecule has 1 amide bonds. The summed E-state index contributed by atoms with van der Waals surface area (Å²) in [5.41, 5.74) is 4.12. The highest BCUT2D eigenvalue weighted by molar-refractivity contribution is 7.98. The Balaban J connectivity index is 1.80. The predicted molar refractivity (Wildman–Crippen MR) is 128 cm³/mol. The minimum Gasteiger partial charge on any atom is -0.302 e. The zero-order valence-electron chi connectivity index (χ0n) is 17.1. The minimum atomic E-state index is -0.162. The molecule has 4 aromatic rings. The Bertz CT molecular complexity index is 1360. The van der Waals surface area contributed by atoms with Crippen LogP contribution in [0.5, 0.6) is 0 Å². The third kappa shape index (κ3) is 4.51. The van der Waals surface area contributed by atoms with Crippen LogP contribution < -0.4 is 10.9 Å². The molecule has 0 unspecified atom stereocenters. The van der Waals surface area contributed by atoms with E-state index in [1.54, 1.807) is 22.8 Å². The molecule has 0 aliphatic heterocycles. The molecule has 0 saturated heterocycles. The van der Waals surface area contributed by atoms with Crippen molar-refractivity contribution in [3.8, 4) is 5.69 Å². The van der Waals surface area contributed by atoms with E-state index in [0.29, 0.717) is 32.0 Å². The van der Waals surface area contributed by atoms with Gasteiger partial charge in [0.15, 0.2) is 10.3 Å². The smallest absolute Gasteiger partial charge is 0.266 e. The van der Waals surface area contributed by atoms with Crippen molar-refractivity contribution >= 4 is 56.6 Å². The van der Waals surface area contributed by atoms with Crippen LogP contribution in [0.1, 0.15) is 23.7 Å². The standard InChI is InChI=1S/C22H19ClN4O2S2/c1-12-5-4-6-19(13(12)2)27-20(29)17-8-7-15(23)9-18(17)26-22(27)31-11-16-10-30-21(25-16)24-14(3)28/h4-10H,11H2,1-3H3,(H,24,25,28). The van der Waals surface area contributed by atoms with Gasteiger partial charge in [-0.25, -0.2) is 9.97 Å². The minimum absolute atomic E-state index is 0.143. The van der Waals surface area contributed by atoms with Gasteiger partial charge in [-0.2, -0.15) is 0 Å². The number of nitrogens with zero attached hydrogens (tertiary/aromatic N) is 3. The van der Waals surface area contributed by atoms with Gasteiger partial charge in [0.25, 0.3) is 5.56 Å². The molecule has 0 spiro atoms. The first-order chi connectivity index (χ1) is 14.8. The van der Waals surface area contributed by atoms with E-state index in [-0.39, 0.29) is 11.5 Å². The maximum Gasteiger partial charge on any atom is 0.266 e. The Morgan fingerprint density at radius 2 is 2.03 bits per heavy atom. The first-order valence-corrected chi connectivity index (χ1v) is 11.7. The molecule has 2 heterocycles. The van der Waals surface area contributed by atoms with E-state index in [1.807, 2.05) is 37.4 Å². The first kappa shape index (κ1) is 21.5. The lowest BCUT2D eigenvalue weighted by molar-refractivity contribution is -0.114. The van der Waals surface area contributed by atoms with Gasteiger partial charge in [0.1, 0.15) is 0 Å². The number of thioether (sulfide) groups is 1. The summed E-state index contributed by atoms with van der Waals surface area (Å²) in [5.74, 6) is 0.338. The number of halogens is 1. The molecule has 0 fully saturated rings. The molecule has 1 N–H and O–H groups in total. The third-order valence-electron chi connectivity index (χ3n) is 4.80. The number of hydrogen-bond acceptors (Lipinski definition) is 6. The molecule has 6 nitrogen and oxygen atoms in total. The Morgan fingerprint density at radius 1 is 1.23 bits per heavy atom. The van der Waals surface area contributed by atoms with Crippen molar-refractivity contribution in [2.45, 2.75) is 31.7 Å². The molecule has 31 heavy (non-hydrogen) atoms. The van der Waals surface area contributed by atoms with Crippen LogP contribution in [0.25, 0.3) is 16.6 Å². The van der Waals surface area contributed by atoms with Gasteiger partial charge in [-0.1, -0.05) is 35.5 Å². The zero-order valence-corrected chi connectivity index (χ0v) is 19.5. The maximum absolute atomic E-state index is 13.5. The lowest BCUT2D eigenvalue weighted by atomic mass is 10.1. The van der Waals surface area contributed by atoms with Crippen LogP contribution in [-0.4, -0.2) is 20.4 Å². The molecular formula is C22H19ClN4O2S2. The molecule has 158 valence electrons. The summed E-state index contributed by atoms with van der Waals surface area (Å²) in [5, 5.41) is 6.72. The Kier molecular flexibility index (Phi) is 6.13. The van der Waals surface area contributed by atoms with Gasteiger partial charge in [0.05, 0.1) is 22.3 Å². The number of aryl methyl sites for hydroxylation is 1. The van der Waals surface area contributed by atoms with Gasteiger partial charge < -0.3 is 5.32 Å². The normalized spacial score (nSPS) is 11.1. The number of aromatic nitrogens is 3. The van der Waals surface area contributed by atoms with Crippen molar-refractivity contribution < 1.29 is 4.79 Å². The highest BCUT2D eigenvalue weighted by Crippen LogP contribution is 2.28. The average Bonchev–Trinajstić information content (AvgIpc) is 3.15. The third-order valence-corrected chi connectivity index (χ3v) is 6.82. The number of carbonyl (C=O) groups is 1. The fourth-order valence-corrected chi connectivity index (χ4v) is 5.07. The summed E-state index contributed by atoms with van der Waals surface area (Å²) < 4.78 is 1.66. The quantitative estimate of drug-likeness (QED) is 0.313. The van der Waals surface area contributed by atoms with Crippen molar-refractivity contribution in [2.24, 2.45) is 0 Å². The van der Waals surface area contributed by atoms with E-state index in [2.05, 4.69) is 10.3 Å². The fourth-order valence-electron chi connectivity index (χ4n) is 3.15. The Hall–Kier alpha value is -2.68. The molecular weight excluding hydrogens is 452 g/mol. The lowest BCUT2D eigenvalue weighted by Crippen LogP contribution is -2.22. The van der Waals surface area contributed by atoms with Gasteiger partial charge in [-0.3, -0.25) is 14.2 Å². The van der Waals surface area contributed by atoms with E-state index in [1.165, 1.54) is 30.0 Å². The van der Waals surface area contributed by atoms with Crippen LogP contribution >= 0.6 is 34.7 Å². The largest absolute Gasteiger partial charge is 0.302 e. The summed E-state index contributed by atoms with van der Waals surface area (Å²) in [6.07, 6.45) is 0. The number of thiazole rings is 1. The SMILES string of the molecule is CC(=O)Nc1nc(CSc2nc3cc(Cl)ccc3c(=O)n2-c2cccc(C)c2C)cs1. The molecule has 0 radical (unpaired) electrons. The number of fused-ring (bicyclic) bond motifs is 1. The molecule has 9 heteroatoms. The molecule has 4 rings (SSSR count). The number of carbonyl (C=O) groups excluding carboxylic acids is 1. The predicted octanol–water partition coefficient (Wildman–Crippen LogP) is 5.36. The topological polar surface area (TPSA) is 76.9 Å². The number of amides is 1. The summed E-state index contributed by atoms with van der Waals surface area (Å²) in [6, 6.07) is 11.0. The lowest BCUT2D eigenvalue weighted by Gasteiger charge is -2.16. The number of nitrogens with one attached hydrogen (secondary N) is 1. The van der Waals surface area contributed by atoms with Crippen molar-refractivity contribution in [3.05, 3.63) is 74.0 Å². The number of benzene rings is 2. The summed E-state index contributed by atoms with van der Waals surface area (Å²) >= 11 is 8.92. The summed E-state index contributed by atoms with van der Waals surface area (Å²) in [4.78, 5) is 33.9. The van der Waals surface area contributed by atoms with Crippen molar-refractivity contribution in [1.82, 2.24) is 14.5 Å². The second-order valence-corrected chi connectivity index (χ2v) is 9.27. The number of hydrogen-bond donors (Lipinski definition) is 1. The van der Waals surface area contributed by atoms with Crippen LogP contribution in [0.15, 0.2) is 51.7 Å². The second kappa shape index (κ2) is 8.82. The van der Waals surface area contributed by atoms with Crippen molar-refractivity contribution in [3.63, 3.8) is 0 Å². The van der Waals surface area contributed by atoms with Gasteiger partial charge >= 0.3 is 0 Å². The van der Waals surface area contributed by atoms with Crippen molar-refractivity contribution in [1.29, 1.82) is 0 Å². The Labute approximate surface area is 192 Å². The van der Waals surface area contributed by atoms with Gasteiger partial charge in [0.2, 0.25) is 5.91 Å². The van der Waals surface area contributed by atoms with E-state index in [4.69, 9.17) is 16.6 Å². The van der Waals surface area contributed by atoms with E-state index >= 15 is 0 Å². The van der Waals surface area contributed by atoms with Crippen LogP contribution in [0.3, 0.4) is 0 Å². The summed E-state index contributed by atoms with van der Waals surface area (Å²) in [7, 11) is 0. The zero-order chi connectivity index (χ0) is 22.1. The second-order valence-electron chi connectivity index (χ2n) is 7.03. The van der Waals surface area contributed by atoms with Gasteiger partial charge in [-0.15, -0.1) is 11.3 Å². The van der Waals surface area contributed by atoms with Gasteiger partial charge in [-0.05, 0) is 49.2 Å². The highest BCUT2D eigenvalue weighted by atomic mass is 35.5. The van der Waals surface area contributed by atoms with Crippen molar-refractivity contribution in [2.75, 3.05) is 5.32 Å². The monoisotopic (exact) mass is 470 g/mol. The molecule has 0 atom stereocenters. The van der Waals surface area contributed by atoms with Crippen LogP contribution in [0, 0.1) is 13.8 Å². The van der Waals surface area contributed by atoms with E-state index in [0.717, 1.165) is 22.5 Å². The average molecular weight is 471 g/mol. The fraction of sp³-hybridized carbons (Fsp3) is 0.182. The molecule has 0 bridgehead atoms. The highest BCUT2D eigenvalue weighted by Gasteiger charge is 2.16. The number of anilines is 1. The maximum atomic E-state index is 13.5. The van der Waals surface area contributed by atoms with E-state index < -0.39 is 0 Å². The first-order valence-electron chi connectivity index (χ1n) is 9.47. The summed E-state index contributed by atoms with van der Waals surface area (Å²) in [6.45, 7) is 5.46. The molecule has 0 saturated carbocycles. The van der Waals surface area contributed by atoms with Crippen LogP contribution in [0.2, 0.25) is 5.02 Å². The van der Waals surface area contributed by atoms with E-state index in [9.17, 15) is 9.59 Å². The molecule has 0 aliphatic carbocycles.